The molecule has 0 spiro atoms. The molecule has 0 rings (SSSR count). The summed E-state index contributed by atoms with van der Waals surface area (Å²) in [6.45, 7) is 2.10. The number of carbonyl (C=O) groups excluding carboxylic acids is 2. The second-order valence-electron chi connectivity index (χ2n) is 11.5. The van der Waals surface area contributed by atoms with Crippen LogP contribution in [-0.4, -0.2) is 65.7 Å². The van der Waals surface area contributed by atoms with Gasteiger partial charge in [0.1, 0.15) is 12.7 Å². The standard InChI is InChI=1S/C37H63O10P/c1-3-5-7-9-11-13-15-16-17-18-19-21-23-25-27-29-37(41)47-35(33-46-48(42,43)45-31-34(39)30-38)32-44-36(40)28-26-24-22-20-14-12-10-8-6-4-2/h5,7-8,10-11,13,16-17,19,21,34-35,38-39H,3-4,6,9,12,14-15,18,20,22-33H2,1-2H3,(H,42,43)/b7-5-,10-8-,13-11-,17-16-,21-19-. The number of aliphatic hydroxyl groups is 2. The highest BCUT2D eigenvalue weighted by atomic mass is 31.2. The van der Waals surface area contributed by atoms with Crippen LogP contribution >= 0.6 is 7.82 Å². The van der Waals surface area contributed by atoms with Crippen molar-refractivity contribution in [3.8, 4) is 0 Å². The van der Waals surface area contributed by atoms with Gasteiger partial charge in [-0.1, -0.05) is 100 Å². The van der Waals surface area contributed by atoms with Crippen molar-refractivity contribution in [3.63, 3.8) is 0 Å². The molecule has 48 heavy (non-hydrogen) atoms. The van der Waals surface area contributed by atoms with E-state index in [9.17, 15) is 24.2 Å². The zero-order valence-electron chi connectivity index (χ0n) is 29.4. The van der Waals surface area contributed by atoms with E-state index in [1.54, 1.807) is 0 Å². The number of hydrogen-bond donors (Lipinski definition) is 3. The second-order valence-corrected chi connectivity index (χ2v) is 13.0. The Balaban J connectivity index is 4.51. The number of ether oxygens (including phenoxy) is 2. The third kappa shape index (κ3) is 32.2. The van der Waals surface area contributed by atoms with E-state index in [2.05, 4.69) is 79.1 Å². The van der Waals surface area contributed by atoms with Crippen molar-refractivity contribution in [2.24, 2.45) is 0 Å². The minimum atomic E-state index is -4.62. The van der Waals surface area contributed by atoms with Crippen LogP contribution in [0.1, 0.15) is 123 Å². The Labute approximate surface area is 289 Å². The summed E-state index contributed by atoms with van der Waals surface area (Å²) in [7, 11) is -4.62. The molecule has 0 amide bonds. The first-order valence-electron chi connectivity index (χ1n) is 17.7. The summed E-state index contributed by atoms with van der Waals surface area (Å²) >= 11 is 0. The lowest BCUT2D eigenvalue weighted by Crippen LogP contribution is -2.29. The lowest BCUT2D eigenvalue weighted by molar-refractivity contribution is -0.161. The average Bonchev–Trinajstić information content (AvgIpc) is 3.07. The first kappa shape index (κ1) is 45.7. The van der Waals surface area contributed by atoms with Gasteiger partial charge in [0, 0.05) is 12.8 Å². The highest BCUT2D eigenvalue weighted by Crippen LogP contribution is 2.43. The third-order valence-electron chi connectivity index (χ3n) is 6.89. The molecule has 0 aliphatic carbocycles. The molecule has 3 atom stereocenters. The van der Waals surface area contributed by atoms with Crippen LogP contribution in [0.25, 0.3) is 0 Å². The average molecular weight is 699 g/mol. The Morgan fingerprint density at radius 3 is 1.79 bits per heavy atom. The Morgan fingerprint density at radius 2 is 1.15 bits per heavy atom. The van der Waals surface area contributed by atoms with Crippen molar-refractivity contribution in [3.05, 3.63) is 60.8 Å². The number of phosphoric acid groups is 1. The molecule has 11 heteroatoms. The van der Waals surface area contributed by atoms with Crippen molar-refractivity contribution in [2.75, 3.05) is 26.4 Å². The Morgan fingerprint density at radius 1 is 0.646 bits per heavy atom. The molecule has 0 saturated heterocycles. The predicted molar refractivity (Wildman–Crippen MR) is 191 cm³/mol. The zero-order valence-corrected chi connectivity index (χ0v) is 30.3. The topological polar surface area (TPSA) is 149 Å². The first-order chi connectivity index (χ1) is 23.2. The third-order valence-corrected chi connectivity index (χ3v) is 7.84. The molecule has 0 fully saturated rings. The summed E-state index contributed by atoms with van der Waals surface area (Å²) in [5, 5.41) is 18.2. The van der Waals surface area contributed by atoms with Gasteiger partial charge in [-0.2, -0.15) is 0 Å². The predicted octanol–water partition coefficient (Wildman–Crippen LogP) is 8.38. The highest BCUT2D eigenvalue weighted by Gasteiger charge is 2.27. The summed E-state index contributed by atoms with van der Waals surface area (Å²) in [6.07, 6.45) is 33.5. The normalized spacial score (nSPS) is 14.9. The number of allylic oxidation sites excluding steroid dienone is 10. The van der Waals surface area contributed by atoms with Gasteiger partial charge in [0.05, 0.1) is 19.8 Å². The zero-order chi connectivity index (χ0) is 35.6. The number of aliphatic hydroxyl groups excluding tert-OH is 2. The summed E-state index contributed by atoms with van der Waals surface area (Å²) < 4.78 is 32.4. The lowest BCUT2D eigenvalue weighted by atomic mass is 10.1. The number of phosphoric ester groups is 1. The molecule has 10 nitrogen and oxygen atoms in total. The van der Waals surface area contributed by atoms with E-state index in [0.29, 0.717) is 12.8 Å². The van der Waals surface area contributed by atoms with Gasteiger partial charge in [0.15, 0.2) is 6.10 Å². The Hall–Kier alpha value is -2.33. The van der Waals surface area contributed by atoms with E-state index in [1.165, 1.54) is 0 Å². The van der Waals surface area contributed by atoms with Crippen molar-refractivity contribution in [2.45, 2.75) is 135 Å². The largest absolute Gasteiger partial charge is 0.472 e. The van der Waals surface area contributed by atoms with E-state index >= 15 is 0 Å². The number of esters is 2. The van der Waals surface area contributed by atoms with Crippen molar-refractivity contribution in [1.82, 2.24) is 0 Å². The van der Waals surface area contributed by atoms with E-state index in [0.717, 1.165) is 83.5 Å². The van der Waals surface area contributed by atoms with Crippen LogP contribution in [0, 0.1) is 0 Å². The quantitative estimate of drug-likeness (QED) is 0.0271. The van der Waals surface area contributed by atoms with Crippen LogP contribution < -0.4 is 0 Å². The minimum absolute atomic E-state index is 0.127. The van der Waals surface area contributed by atoms with Crippen molar-refractivity contribution < 1.29 is 47.8 Å². The van der Waals surface area contributed by atoms with Gasteiger partial charge in [-0.05, 0) is 70.6 Å². The number of hydrogen-bond acceptors (Lipinski definition) is 9. The molecule has 0 aliphatic heterocycles. The molecule has 0 heterocycles. The Bertz CT molecular complexity index is 989. The van der Waals surface area contributed by atoms with Gasteiger partial charge >= 0.3 is 19.8 Å². The summed E-state index contributed by atoms with van der Waals surface area (Å²) in [5.74, 6) is -0.996. The monoisotopic (exact) mass is 698 g/mol. The van der Waals surface area contributed by atoms with Gasteiger partial charge in [-0.25, -0.2) is 4.57 Å². The van der Waals surface area contributed by atoms with Crippen LogP contribution in [0.3, 0.4) is 0 Å². The van der Waals surface area contributed by atoms with E-state index in [4.69, 9.17) is 19.1 Å². The molecule has 0 aromatic heterocycles. The van der Waals surface area contributed by atoms with E-state index in [1.807, 2.05) is 0 Å². The van der Waals surface area contributed by atoms with E-state index in [-0.39, 0.29) is 19.4 Å². The molecule has 276 valence electrons. The fraction of sp³-hybridized carbons (Fsp3) is 0.676. The fourth-order valence-corrected chi connectivity index (χ4v) is 4.95. The van der Waals surface area contributed by atoms with Crippen molar-refractivity contribution in [1.29, 1.82) is 0 Å². The highest BCUT2D eigenvalue weighted by molar-refractivity contribution is 7.47. The minimum Gasteiger partial charge on any atom is -0.462 e. The first-order valence-corrected chi connectivity index (χ1v) is 19.2. The molecular formula is C37H63O10P. The molecule has 0 radical (unpaired) electrons. The second kappa shape index (κ2) is 33.2. The van der Waals surface area contributed by atoms with E-state index < -0.39 is 51.8 Å². The molecule has 3 N–H and O–H groups in total. The maximum atomic E-state index is 12.5. The molecule has 0 aromatic rings. The fourth-order valence-electron chi connectivity index (χ4n) is 4.16. The summed E-state index contributed by atoms with van der Waals surface area (Å²) in [5.41, 5.74) is 0. The van der Waals surface area contributed by atoms with Gasteiger partial charge in [-0.3, -0.25) is 18.6 Å². The SMILES string of the molecule is CC/C=C\C/C=C\C/C=C\C/C=C\CCCCC(=O)OC(COC(=O)CCCCCCC/C=C\CCC)COP(=O)(O)OCC(O)CO. The van der Waals surface area contributed by atoms with Gasteiger partial charge < -0.3 is 24.6 Å². The summed E-state index contributed by atoms with van der Waals surface area (Å²) in [6, 6.07) is 0. The molecular weight excluding hydrogens is 635 g/mol. The van der Waals surface area contributed by atoms with Crippen LogP contribution in [0.15, 0.2) is 60.8 Å². The number of rotatable bonds is 32. The number of carbonyl (C=O) groups is 2. The van der Waals surface area contributed by atoms with Crippen molar-refractivity contribution >= 4 is 19.8 Å². The molecule has 0 aromatic carbocycles. The molecule has 3 unspecified atom stereocenters. The van der Waals surface area contributed by atoms with Crippen LogP contribution in [-0.2, 0) is 32.7 Å². The maximum absolute atomic E-state index is 12.5. The molecule has 0 saturated carbocycles. The van der Waals surface area contributed by atoms with Gasteiger partial charge in [-0.15, -0.1) is 0 Å². The van der Waals surface area contributed by atoms with Crippen LogP contribution in [0.2, 0.25) is 0 Å². The summed E-state index contributed by atoms with van der Waals surface area (Å²) in [4.78, 5) is 34.7. The van der Waals surface area contributed by atoms with Gasteiger partial charge in [0.25, 0.3) is 0 Å². The molecule has 0 bridgehead atoms. The maximum Gasteiger partial charge on any atom is 0.472 e. The van der Waals surface area contributed by atoms with Crippen LogP contribution in [0.5, 0.6) is 0 Å². The Kier molecular flexibility index (Phi) is 31.6. The molecule has 0 aliphatic rings. The lowest BCUT2D eigenvalue weighted by Gasteiger charge is -2.20. The van der Waals surface area contributed by atoms with Crippen LogP contribution in [0.4, 0.5) is 0 Å². The smallest absolute Gasteiger partial charge is 0.462 e. The number of unbranched alkanes of at least 4 members (excludes halogenated alkanes) is 8. The van der Waals surface area contributed by atoms with Gasteiger partial charge in [0.2, 0.25) is 0 Å².